The number of fused-ring (bicyclic) bond motifs is 3. The topological polar surface area (TPSA) is 29.5 Å². The molecule has 107 valence electrons. The van der Waals surface area contributed by atoms with Crippen LogP contribution in [-0.2, 0) is 17.8 Å². The van der Waals surface area contributed by atoms with Crippen LogP contribution in [-0.4, -0.2) is 24.6 Å². The summed E-state index contributed by atoms with van der Waals surface area (Å²) in [5, 5.41) is 0. The largest absolute Gasteiger partial charge is 0.445 e. The molecule has 21 heavy (non-hydrogen) atoms. The molecule has 3 rings (SSSR count). The van der Waals surface area contributed by atoms with Gasteiger partial charge in [0.05, 0.1) is 0 Å². The SMILES string of the molecule is [CH2]CN(C)C(=O)OCc1cccc2c1Cc1ccccc1-2. The summed E-state index contributed by atoms with van der Waals surface area (Å²) in [6.45, 7) is 4.38. The van der Waals surface area contributed by atoms with Crippen molar-refractivity contribution in [3.8, 4) is 11.1 Å². The van der Waals surface area contributed by atoms with Crippen molar-refractivity contribution in [1.82, 2.24) is 4.90 Å². The summed E-state index contributed by atoms with van der Waals surface area (Å²) < 4.78 is 5.35. The van der Waals surface area contributed by atoms with Gasteiger partial charge in [-0.25, -0.2) is 4.79 Å². The Balaban J connectivity index is 1.82. The molecule has 0 saturated carbocycles. The third-order valence-electron chi connectivity index (χ3n) is 3.95. The number of benzene rings is 2. The summed E-state index contributed by atoms with van der Waals surface area (Å²) in [5.41, 5.74) is 6.22. The second-order valence-electron chi connectivity index (χ2n) is 5.25. The van der Waals surface area contributed by atoms with Gasteiger partial charge in [-0.2, -0.15) is 0 Å². The van der Waals surface area contributed by atoms with Crippen LogP contribution in [0.1, 0.15) is 16.7 Å². The van der Waals surface area contributed by atoms with Crippen LogP contribution in [0.3, 0.4) is 0 Å². The fraction of sp³-hybridized carbons (Fsp3) is 0.222. The van der Waals surface area contributed by atoms with Gasteiger partial charge in [0.2, 0.25) is 0 Å². The van der Waals surface area contributed by atoms with Crippen molar-refractivity contribution in [3.63, 3.8) is 0 Å². The van der Waals surface area contributed by atoms with Crippen molar-refractivity contribution in [2.45, 2.75) is 13.0 Å². The summed E-state index contributed by atoms with van der Waals surface area (Å²) in [4.78, 5) is 13.2. The Bertz CT molecular complexity index is 679. The normalized spacial score (nSPS) is 11.7. The minimum atomic E-state index is -0.335. The lowest BCUT2D eigenvalue weighted by Crippen LogP contribution is -2.27. The lowest BCUT2D eigenvalue weighted by Gasteiger charge is -2.15. The molecule has 1 amide bonds. The van der Waals surface area contributed by atoms with E-state index in [-0.39, 0.29) is 6.09 Å². The molecule has 0 spiro atoms. The Kier molecular flexibility index (Phi) is 3.65. The highest BCUT2D eigenvalue weighted by atomic mass is 16.6. The smallest absolute Gasteiger partial charge is 0.409 e. The van der Waals surface area contributed by atoms with Crippen LogP contribution in [0.25, 0.3) is 11.1 Å². The monoisotopic (exact) mass is 280 g/mol. The van der Waals surface area contributed by atoms with Crippen molar-refractivity contribution in [3.05, 3.63) is 66.1 Å². The lowest BCUT2D eigenvalue weighted by atomic mass is 10.0. The first-order valence-electron chi connectivity index (χ1n) is 7.07. The molecule has 0 aromatic heterocycles. The molecule has 0 saturated heterocycles. The van der Waals surface area contributed by atoms with E-state index in [1.807, 2.05) is 12.1 Å². The first-order valence-corrected chi connectivity index (χ1v) is 7.07. The maximum Gasteiger partial charge on any atom is 0.409 e. The molecule has 0 bridgehead atoms. The van der Waals surface area contributed by atoms with Crippen molar-refractivity contribution < 1.29 is 9.53 Å². The van der Waals surface area contributed by atoms with Gasteiger partial charge < -0.3 is 9.64 Å². The van der Waals surface area contributed by atoms with E-state index in [0.29, 0.717) is 13.2 Å². The molecule has 0 fully saturated rings. The first-order chi connectivity index (χ1) is 10.2. The molecule has 2 aromatic rings. The first kappa shape index (κ1) is 13.7. The molecule has 1 radical (unpaired) electrons. The highest BCUT2D eigenvalue weighted by molar-refractivity contribution is 5.78. The lowest BCUT2D eigenvalue weighted by molar-refractivity contribution is 0.108. The molecule has 3 heteroatoms. The molecule has 2 aromatic carbocycles. The summed E-state index contributed by atoms with van der Waals surface area (Å²) in [6.07, 6.45) is 0.572. The molecule has 0 unspecified atom stereocenters. The zero-order valence-electron chi connectivity index (χ0n) is 12.1. The third-order valence-corrected chi connectivity index (χ3v) is 3.95. The van der Waals surface area contributed by atoms with E-state index < -0.39 is 0 Å². The van der Waals surface area contributed by atoms with Gasteiger partial charge >= 0.3 is 6.09 Å². The Labute approximate surface area is 125 Å². The van der Waals surface area contributed by atoms with Gasteiger partial charge in [0, 0.05) is 13.6 Å². The molecule has 0 heterocycles. The standard InChI is InChI=1S/C18H18NO2/c1-3-19(2)18(20)21-12-14-8-6-10-16-15-9-5-4-7-13(15)11-17(14)16/h4-10H,1,3,11-12H2,2H3. The average Bonchev–Trinajstić information content (AvgIpc) is 2.91. The predicted molar refractivity (Wildman–Crippen MR) is 82.9 cm³/mol. The van der Waals surface area contributed by atoms with E-state index in [9.17, 15) is 4.79 Å². The highest BCUT2D eigenvalue weighted by Crippen LogP contribution is 2.38. The maximum absolute atomic E-state index is 11.7. The summed E-state index contributed by atoms with van der Waals surface area (Å²) in [6, 6.07) is 14.6. The minimum Gasteiger partial charge on any atom is -0.445 e. The molecule has 1 aliphatic rings. The van der Waals surface area contributed by atoms with Crippen LogP contribution < -0.4 is 0 Å². The number of nitrogens with zero attached hydrogens (tertiary/aromatic N) is 1. The van der Waals surface area contributed by atoms with Crippen LogP contribution in [0.15, 0.2) is 42.5 Å². The van der Waals surface area contributed by atoms with Crippen LogP contribution in [0.5, 0.6) is 0 Å². The molecular weight excluding hydrogens is 262 g/mol. The van der Waals surface area contributed by atoms with Crippen molar-refractivity contribution in [2.75, 3.05) is 13.6 Å². The molecule has 0 atom stereocenters. The molecule has 0 aliphatic heterocycles. The predicted octanol–water partition coefficient (Wildman–Crippen LogP) is 3.66. The van der Waals surface area contributed by atoms with Crippen LogP contribution in [0.2, 0.25) is 0 Å². The van der Waals surface area contributed by atoms with Crippen LogP contribution in [0.4, 0.5) is 4.79 Å². The van der Waals surface area contributed by atoms with E-state index in [1.54, 1.807) is 7.05 Å². The van der Waals surface area contributed by atoms with Crippen LogP contribution >= 0.6 is 0 Å². The van der Waals surface area contributed by atoms with Gasteiger partial charge in [0.25, 0.3) is 0 Å². The number of hydrogen-bond acceptors (Lipinski definition) is 2. The van der Waals surface area contributed by atoms with Crippen molar-refractivity contribution >= 4 is 6.09 Å². The third kappa shape index (κ3) is 2.51. The second kappa shape index (κ2) is 5.60. The van der Waals surface area contributed by atoms with E-state index in [1.165, 1.54) is 27.2 Å². The van der Waals surface area contributed by atoms with Gasteiger partial charge in [0.1, 0.15) is 6.61 Å². The van der Waals surface area contributed by atoms with Gasteiger partial charge in [-0.05, 0) is 41.2 Å². The van der Waals surface area contributed by atoms with E-state index >= 15 is 0 Å². The fourth-order valence-electron chi connectivity index (χ4n) is 2.70. The van der Waals surface area contributed by atoms with E-state index in [0.717, 1.165) is 12.0 Å². The summed E-state index contributed by atoms with van der Waals surface area (Å²) in [7, 11) is 1.68. The number of hydrogen-bond donors (Lipinski definition) is 0. The van der Waals surface area contributed by atoms with E-state index in [2.05, 4.69) is 37.3 Å². The van der Waals surface area contributed by atoms with Crippen LogP contribution in [0, 0.1) is 6.92 Å². The second-order valence-corrected chi connectivity index (χ2v) is 5.25. The van der Waals surface area contributed by atoms with Crippen molar-refractivity contribution in [2.24, 2.45) is 0 Å². The number of carbonyl (C=O) groups is 1. The summed E-state index contributed by atoms with van der Waals surface area (Å²) in [5.74, 6) is 0. The Morgan fingerprint density at radius 3 is 2.76 bits per heavy atom. The van der Waals surface area contributed by atoms with Crippen molar-refractivity contribution in [1.29, 1.82) is 0 Å². The summed E-state index contributed by atoms with van der Waals surface area (Å²) >= 11 is 0. The fourth-order valence-corrected chi connectivity index (χ4v) is 2.70. The Morgan fingerprint density at radius 1 is 1.19 bits per heavy atom. The Morgan fingerprint density at radius 2 is 1.95 bits per heavy atom. The molecule has 1 aliphatic carbocycles. The zero-order valence-corrected chi connectivity index (χ0v) is 12.1. The number of rotatable bonds is 3. The number of amides is 1. The molecule has 3 nitrogen and oxygen atoms in total. The maximum atomic E-state index is 11.7. The molecule has 0 N–H and O–H groups in total. The number of carbonyl (C=O) groups excluding carboxylic acids is 1. The highest BCUT2D eigenvalue weighted by Gasteiger charge is 2.21. The minimum absolute atomic E-state index is 0.306. The quantitative estimate of drug-likeness (QED) is 0.732. The van der Waals surface area contributed by atoms with E-state index in [4.69, 9.17) is 4.74 Å². The van der Waals surface area contributed by atoms with Gasteiger partial charge in [-0.1, -0.05) is 42.5 Å². The average molecular weight is 280 g/mol. The molecular formula is C18H18NO2. The zero-order chi connectivity index (χ0) is 14.8. The number of ether oxygens (including phenoxy) is 1. The van der Waals surface area contributed by atoms with Gasteiger partial charge in [-0.3, -0.25) is 0 Å². The Hall–Kier alpha value is -2.29. The van der Waals surface area contributed by atoms with Gasteiger partial charge in [0.15, 0.2) is 0 Å². The van der Waals surface area contributed by atoms with Gasteiger partial charge in [-0.15, -0.1) is 0 Å².